The first-order valence-electron chi connectivity index (χ1n) is 9.19. The van der Waals surface area contributed by atoms with Crippen molar-refractivity contribution in [2.24, 2.45) is 5.92 Å². The topological polar surface area (TPSA) is 41.4 Å². The van der Waals surface area contributed by atoms with Gasteiger partial charge in [-0.05, 0) is 57.2 Å². The Bertz CT molecular complexity index is 485. The number of hydrogen-bond donors (Lipinski definition) is 0. The number of amides is 1. The first-order chi connectivity index (χ1) is 11.2. The zero-order chi connectivity index (χ0) is 16.1. The predicted molar refractivity (Wildman–Crippen MR) is 91.0 cm³/mol. The van der Waals surface area contributed by atoms with E-state index in [9.17, 15) is 4.79 Å². The molecule has 2 atom stereocenters. The normalized spacial score (nSPS) is 25.1. The van der Waals surface area contributed by atoms with E-state index < -0.39 is 0 Å². The van der Waals surface area contributed by atoms with Gasteiger partial charge in [0.15, 0.2) is 0 Å². The minimum absolute atomic E-state index is 0.282. The van der Waals surface area contributed by atoms with Gasteiger partial charge in [0.2, 0.25) is 5.91 Å². The summed E-state index contributed by atoms with van der Waals surface area (Å²) in [5.41, 5.74) is 0. The van der Waals surface area contributed by atoms with Crippen LogP contribution in [0.1, 0.15) is 44.9 Å². The standard InChI is InChI=1S/C18H30N4O/c1-20(18(23)9-5-13-22-14-6-10-19-22)15-16-7-4-12-21-11-3-2-8-17(16)21/h6,10,14,16-17H,2-5,7-9,11-13,15H2,1H3/t16-,17-/m1/s1. The van der Waals surface area contributed by atoms with E-state index in [4.69, 9.17) is 0 Å². The first-order valence-corrected chi connectivity index (χ1v) is 9.19. The molecule has 3 heterocycles. The van der Waals surface area contributed by atoms with E-state index in [1.807, 2.05) is 28.9 Å². The summed E-state index contributed by atoms with van der Waals surface area (Å²) in [5.74, 6) is 0.953. The van der Waals surface area contributed by atoms with Gasteiger partial charge in [0.25, 0.3) is 0 Å². The molecule has 2 saturated heterocycles. The van der Waals surface area contributed by atoms with Gasteiger partial charge in [0.05, 0.1) is 0 Å². The molecule has 0 aliphatic carbocycles. The quantitative estimate of drug-likeness (QED) is 0.809. The summed E-state index contributed by atoms with van der Waals surface area (Å²) in [6.07, 6.45) is 11.8. The third kappa shape index (κ3) is 4.34. The molecule has 0 unspecified atom stereocenters. The number of rotatable bonds is 6. The summed E-state index contributed by atoms with van der Waals surface area (Å²) in [6, 6.07) is 2.64. The Morgan fingerprint density at radius 2 is 2.13 bits per heavy atom. The highest BCUT2D eigenvalue weighted by molar-refractivity contribution is 5.75. The molecule has 0 N–H and O–H groups in total. The van der Waals surface area contributed by atoms with Crippen LogP contribution in [0.25, 0.3) is 0 Å². The largest absolute Gasteiger partial charge is 0.345 e. The van der Waals surface area contributed by atoms with Gasteiger partial charge in [0, 0.05) is 45.0 Å². The number of carbonyl (C=O) groups is 1. The van der Waals surface area contributed by atoms with Crippen LogP contribution in [-0.2, 0) is 11.3 Å². The third-order valence-electron chi connectivity index (χ3n) is 5.50. The molecule has 0 spiro atoms. The second kappa shape index (κ2) is 7.95. The van der Waals surface area contributed by atoms with E-state index in [1.165, 1.54) is 45.2 Å². The highest BCUT2D eigenvalue weighted by Crippen LogP contribution is 2.31. The van der Waals surface area contributed by atoms with Crippen LogP contribution in [0.2, 0.25) is 0 Å². The lowest BCUT2D eigenvalue weighted by atomic mass is 9.83. The number of aryl methyl sites for hydroxylation is 1. The van der Waals surface area contributed by atoms with Gasteiger partial charge in [-0.1, -0.05) is 6.42 Å². The highest BCUT2D eigenvalue weighted by Gasteiger charge is 2.33. The minimum atomic E-state index is 0.282. The van der Waals surface area contributed by atoms with Gasteiger partial charge >= 0.3 is 0 Å². The van der Waals surface area contributed by atoms with Crippen molar-refractivity contribution in [3.05, 3.63) is 18.5 Å². The van der Waals surface area contributed by atoms with E-state index in [0.29, 0.717) is 12.3 Å². The number of aromatic nitrogens is 2. The fourth-order valence-corrected chi connectivity index (χ4v) is 4.26. The summed E-state index contributed by atoms with van der Waals surface area (Å²) >= 11 is 0. The molecule has 0 aromatic carbocycles. The second-order valence-electron chi connectivity index (χ2n) is 7.15. The summed E-state index contributed by atoms with van der Waals surface area (Å²) in [5, 5.41) is 4.18. The van der Waals surface area contributed by atoms with Crippen molar-refractivity contribution in [3.63, 3.8) is 0 Å². The fraction of sp³-hybridized carbons (Fsp3) is 0.778. The number of nitrogens with zero attached hydrogens (tertiary/aromatic N) is 4. The van der Waals surface area contributed by atoms with Gasteiger partial charge in [-0.15, -0.1) is 0 Å². The van der Waals surface area contributed by atoms with Crippen LogP contribution in [0.3, 0.4) is 0 Å². The molecule has 1 aromatic rings. The third-order valence-corrected chi connectivity index (χ3v) is 5.50. The van der Waals surface area contributed by atoms with Crippen LogP contribution >= 0.6 is 0 Å². The lowest BCUT2D eigenvalue weighted by Gasteiger charge is -2.45. The van der Waals surface area contributed by atoms with Gasteiger partial charge < -0.3 is 9.80 Å². The van der Waals surface area contributed by atoms with Gasteiger partial charge in [-0.3, -0.25) is 9.48 Å². The van der Waals surface area contributed by atoms with Gasteiger partial charge in [-0.25, -0.2) is 0 Å². The van der Waals surface area contributed by atoms with Crippen LogP contribution in [0.4, 0.5) is 0 Å². The lowest BCUT2D eigenvalue weighted by molar-refractivity contribution is -0.131. The molecule has 0 bridgehead atoms. The monoisotopic (exact) mass is 318 g/mol. The zero-order valence-electron chi connectivity index (χ0n) is 14.4. The maximum atomic E-state index is 12.4. The van der Waals surface area contributed by atoms with E-state index in [2.05, 4.69) is 10.00 Å². The smallest absolute Gasteiger partial charge is 0.222 e. The van der Waals surface area contributed by atoms with Crippen molar-refractivity contribution in [2.75, 3.05) is 26.7 Å². The van der Waals surface area contributed by atoms with E-state index in [-0.39, 0.29) is 5.91 Å². The zero-order valence-corrected chi connectivity index (χ0v) is 14.4. The molecule has 0 radical (unpaired) electrons. The molecule has 3 rings (SSSR count). The highest BCUT2D eigenvalue weighted by atomic mass is 16.2. The summed E-state index contributed by atoms with van der Waals surface area (Å²) in [4.78, 5) is 17.0. The minimum Gasteiger partial charge on any atom is -0.345 e. The van der Waals surface area contributed by atoms with Crippen molar-refractivity contribution in [1.29, 1.82) is 0 Å². The van der Waals surface area contributed by atoms with Gasteiger partial charge in [0.1, 0.15) is 0 Å². The van der Waals surface area contributed by atoms with Crippen LogP contribution in [0, 0.1) is 5.92 Å². The van der Waals surface area contributed by atoms with Crippen LogP contribution < -0.4 is 0 Å². The molecule has 2 fully saturated rings. The molecule has 128 valence electrons. The van der Waals surface area contributed by atoms with Crippen LogP contribution in [0.15, 0.2) is 18.5 Å². The predicted octanol–water partition coefficient (Wildman–Crippen LogP) is 2.39. The van der Waals surface area contributed by atoms with Crippen molar-refractivity contribution >= 4 is 5.91 Å². The Kier molecular flexibility index (Phi) is 5.70. The van der Waals surface area contributed by atoms with Crippen molar-refractivity contribution in [1.82, 2.24) is 19.6 Å². The van der Waals surface area contributed by atoms with Crippen molar-refractivity contribution in [2.45, 2.75) is 57.5 Å². The Morgan fingerprint density at radius 3 is 2.96 bits per heavy atom. The Hall–Kier alpha value is -1.36. The Balaban J connectivity index is 1.43. The molecule has 1 amide bonds. The number of piperidine rings is 2. The van der Waals surface area contributed by atoms with Gasteiger partial charge in [-0.2, -0.15) is 5.10 Å². The lowest BCUT2D eigenvalue weighted by Crippen LogP contribution is -2.51. The molecule has 2 aliphatic rings. The number of carbonyl (C=O) groups excluding carboxylic acids is 1. The summed E-state index contributed by atoms with van der Waals surface area (Å²) < 4.78 is 1.90. The molecule has 2 aliphatic heterocycles. The number of hydrogen-bond acceptors (Lipinski definition) is 3. The molecular formula is C18H30N4O. The van der Waals surface area contributed by atoms with Crippen molar-refractivity contribution < 1.29 is 4.79 Å². The molecule has 0 saturated carbocycles. The average Bonchev–Trinajstić information content (AvgIpc) is 3.08. The Morgan fingerprint density at radius 1 is 1.26 bits per heavy atom. The van der Waals surface area contributed by atoms with Crippen LogP contribution in [-0.4, -0.2) is 58.2 Å². The van der Waals surface area contributed by atoms with E-state index >= 15 is 0 Å². The molecule has 5 nitrogen and oxygen atoms in total. The molecular weight excluding hydrogens is 288 g/mol. The SMILES string of the molecule is CN(C[C@H]1CCCN2CCCC[C@H]12)C(=O)CCCn1cccn1. The van der Waals surface area contributed by atoms with E-state index in [1.54, 1.807) is 6.20 Å². The Labute approximate surface area is 139 Å². The maximum Gasteiger partial charge on any atom is 0.222 e. The molecule has 5 heteroatoms. The summed E-state index contributed by atoms with van der Waals surface area (Å²) in [7, 11) is 1.98. The first kappa shape index (κ1) is 16.5. The van der Waals surface area contributed by atoms with Crippen molar-refractivity contribution in [3.8, 4) is 0 Å². The molecule has 23 heavy (non-hydrogen) atoms. The fourth-order valence-electron chi connectivity index (χ4n) is 4.26. The average molecular weight is 318 g/mol. The maximum absolute atomic E-state index is 12.4. The van der Waals surface area contributed by atoms with Crippen LogP contribution in [0.5, 0.6) is 0 Å². The second-order valence-corrected chi connectivity index (χ2v) is 7.15. The van der Waals surface area contributed by atoms with E-state index in [0.717, 1.165) is 25.6 Å². The summed E-state index contributed by atoms with van der Waals surface area (Å²) in [6.45, 7) is 4.29. The molecule has 1 aromatic heterocycles. The number of fused-ring (bicyclic) bond motifs is 1.